The van der Waals surface area contributed by atoms with E-state index in [1.807, 2.05) is 24.3 Å². The highest BCUT2D eigenvalue weighted by Crippen LogP contribution is 2.31. The Hall–Kier alpha value is -2.48. The highest BCUT2D eigenvalue weighted by Gasteiger charge is 2.36. The highest BCUT2D eigenvalue weighted by molar-refractivity contribution is 9.10. The van der Waals surface area contributed by atoms with Crippen LogP contribution in [-0.4, -0.2) is 35.4 Å². The molecule has 0 aliphatic carbocycles. The molecular formula is C16H15BrN4O3. The van der Waals surface area contributed by atoms with Crippen molar-refractivity contribution in [2.24, 2.45) is 5.92 Å². The molecule has 8 heteroatoms. The van der Waals surface area contributed by atoms with E-state index in [2.05, 4.69) is 31.2 Å². The minimum Gasteiger partial charge on any atom is -0.494 e. The van der Waals surface area contributed by atoms with Gasteiger partial charge >= 0.3 is 0 Å². The molecule has 1 aromatic heterocycles. The normalized spacial score (nSPS) is 17.0. The maximum absolute atomic E-state index is 12.4. The molecule has 2 heterocycles. The van der Waals surface area contributed by atoms with E-state index in [1.54, 1.807) is 4.90 Å². The molecule has 1 atom stereocenters. The molecule has 1 fully saturated rings. The zero-order valence-corrected chi connectivity index (χ0v) is 14.5. The number of carbonyl (C=O) groups excluding carboxylic acids is 2. The van der Waals surface area contributed by atoms with Crippen LogP contribution in [0.3, 0.4) is 0 Å². The molecule has 1 saturated heterocycles. The van der Waals surface area contributed by atoms with Crippen LogP contribution in [0.15, 0.2) is 41.1 Å². The number of anilines is 2. The number of rotatable bonds is 4. The molecule has 0 bridgehead atoms. The van der Waals surface area contributed by atoms with Crippen LogP contribution >= 0.6 is 15.9 Å². The predicted molar refractivity (Wildman–Crippen MR) is 91.8 cm³/mol. The van der Waals surface area contributed by atoms with Gasteiger partial charge in [0.2, 0.25) is 17.8 Å². The number of ether oxygens (including phenoxy) is 1. The number of nitrogens with zero attached hydrogens (tertiary/aromatic N) is 3. The first-order chi connectivity index (χ1) is 11.6. The summed E-state index contributed by atoms with van der Waals surface area (Å²) in [4.78, 5) is 34.2. The fraction of sp³-hybridized carbons (Fsp3) is 0.250. The summed E-state index contributed by atoms with van der Waals surface area (Å²) in [6.07, 6.45) is 3.09. The van der Waals surface area contributed by atoms with Gasteiger partial charge in [0.25, 0.3) is 0 Å². The van der Waals surface area contributed by atoms with Crippen molar-refractivity contribution in [3.63, 3.8) is 0 Å². The maximum atomic E-state index is 12.4. The molecule has 1 aliphatic rings. The van der Waals surface area contributed by atoms with Crippen molar-refractivity contribution >= 4 is 39.4 Å². The number of amides is 2. The summed E-state index contributed by atoms with van der Waals surface area (Å²) in [6.45, 7) is 0.323. The molecular weight excluding hydrogens is 376 g/mol. The Kier molecular flexibility index (Phi) is 4.75. The lowest BCUT2D eigenvalue weighted by Gasteiger charge is -2.18. The second kappa shape index (κ2) is 6.96. The first kappa shape index (κ1) is 16.4. The Labute approximate surface area is 147 Å². The maximum Gasteiger partial charge on any atom is 0.232 e. The Morgan fingerprint density at radius 2 is 2.04 bits per heavy atom. The third-order valence-corrected chi connectivity index (χ3v) is 4.41. The van der Waals surface area contributed by atoms with Crippen molar-refractivity contribution in [1.82, 2.24) is 9.97 Å². The van der Waals surface area contributed by atoms with E-state index in [1.165, 1.54) is 19.5 Å². The summed E-state index contributed by atoms with van der Waals surface area (Å²) >= 11 is 3.43. The molecule has 0 spiro atoms. The molecule has 3 rings (SSSR count). The van der Waals surface area contributed by atoms with Gasteiger partial charge < -0.3 is 9.64 Å². The second-order valence-electron chi connectivity index (χ2n) is 5.29. The quantitative estimate of drug-likeness (QED) is 0.864. The van der Waals surface area contributed by atoms with Crippen molar-refractivity contribution in [2.75, 3.05) is 23.9 Å². The molecule has 0 saturated carbocycles. The fourth-order valence-electron chi connectivity index (χ4n) is 2.49. The fourth-order valence-corrected chi connectivity index (χ4v) is 2.98. The smallest absolute Gasteiger partial charge is 0.232 e. The Morgan fingerprint density at radius 1 is 1.33 bits per heavy atom. The van der Waals surface area contributed by atoms with E-state index < -0.39 is 5.92 Å². The third kappa shape index (κ3) is 3.38. The van der Waals surface area contributed by atoms with Gasteiger partial charge in [-0.05, 0) is 28.1 Å². The summed E-state index contributed by atoms with van der Waals surface area (Å²) in [7, 11) is 1.51. The van der Waals surface area contributed by atoms with Crippen LogP contribution in [0.4, 0.5) is 11.6 Å². The van der Waals surface area contributed by atoms with E-state index in [0.717, 1.165) is 10.2 Å². The monoisotopic (exact) mass is 390 g/mol. The van der Waals surface area contributed by atoms with Crippen LogP contribution in [0.1, 0.15) is 6.42 Å². The van der Waals surface area contributed by atoms with Gasteiger partial charge in [0.1, 0.15) is 0 Å². The van der Waals surface area contributed by atoms with Crippen LogP contribution < -0.4 is 15.0 Å². The molecule has 24 heavy (non-hydrogen) atoms. The average molecular weight is 391 g/mol. The van der Waals surface area contributed by atoms with Crippen molar-refractivity contribution in [2.45, 2.75) is 6.42 Å². The summed E-state index contributed by atoms with van der Waals surface area (Å²) < 4.78 is 5.79. The number of aromatic nitrogens is 2. The molecule has 0 radical (unpaired) electrons. The van der Waals surface area contributed by atoms with Gasteiger partial charge in [-0.15, -0.1) is 0 Å². The minimum atomic E-state index is -0.449. The van der Waals surface area contributed by atoms with E-state index in [9.17, 15) is 9.59 Å². The third-order valence-electron chi connectivity index (χ3n) is 3.74. The Morgan fingerprint density at radius 3 is 2.71 bits per heavy atom. The van der Waals surface area contributed by atoms with E-state index >= 15 is 0 Å². The molecule has 1 N–H and O–H groups in total. The zero-order chi connectivity index (χ0) is 17.1. The number of benzene rings is 1. The number of halogens is 1. The van der Waals surface area contributed by atoms with Gasteiger partial charge in [-0.3, -0.25) is 14.9 Å². The zero-order valence-electron chi connectivity index (χ0n) is 12.9. The largest absolute Gasteiger partial charge is 0.494 e. The highest BCUT2D eigenvalue weighted by atomic mass is 79.9. The molecule has 2 amide bonds. The second-order valence-corrected chi connectivity index (χ2v) is 6.15. The van der Waals surface area contributed by atoms with Gasteiger partial charge in [-0.25, -0.2) is 9.97 Å². The lowest BCUT2D eigenvalue weighted by molar-refractivity contribution is -0.122. The Bertz CT molecular complexity index is 766. The van der Waals surface area contributed by atoms with Crippen molar-refractivity contribution in [3.05, 3.63) is 41.1 Å². The molecule has 7 nitrogen and oxygen atoms in total. The van der Waals surface area contributed by atoms with Crippen molar-refractivity contribution < 1.29 is 14.3 Å². The average Bonchev–Trinajstić information content (AvgIpc) is 2.98. The van der Waals surface area contributed by atoms with Crippen LogP contribution in [0.2, 0.25) is 0 Å². The summed E-state index contributed by atoms with van der Waals surface area (Å²) in [5.74, 6) is -0.118. The van der Waals surface area contributed by atoms with Gasteiger partial charge in [-0.1, -0.05) is 12.1 Å². The van der Waals surface area contributed by atoms with Gasteiger partial charge in [0.15, 0.2) is 5.75 Å². The molecule has 1 aromatic carbocycles. The summed E-state index contributed by atoms with van der Waals surface area (Å²) in [5.41, 5.74) is 0.762. The first-order valence-electron chi connectivity index (χ1n) is 7.30. The Balaban J connectivity index is 1.68. The SMILES string of the molecule is COc1cnc(NC(=O)[C@@H]2CC(=O)N(c3ccccc3Br)C2)nc1. The standard InChI is InChI=1S/C16H15BrN4O3/c1-24-11-7-18-16(19-8-11)20-15(23)10-6-14(22)21(9-10)13-5-3-2-4-12(13)17/h2-5,7-8,10H,6,9H2,1H3,(H,18,19,20,23)/t10-/m1/s1. The molecule has 124 valence electrons. The topological polar surface area (TPSA) is 84.4 Å². The predicted octanol–water partition coefficient (Wildman–Crippen LogP) is 2.24. The van der Waals surface area contributed by atoms with Gasteiger partial charge in [0, 0.05) is 17.4 Å². The van der Waals surface area contributed by atoms with Crippen LogP contribution in [0, 0.1) is 5.92 Å². The van der Waals surface area contributed by atoms with Crippen LogP contribution in [0.25, 0.3) is 0 Å². The number of hydrogen-bond acceptors (Lipinski definition) is 5. The summed E-state index contributed by atoms with van der Waals surface area (Å²) in [6, 6.07) is 7.43. The number of nitrogens with one attached hydrogen (secondary N) is 1. The molecule has 1 aliphatic heterocycles. The van der Waals surface area contributed by atoms with Crippen LogP contribution in [0.5, 0.6) is 5.75 Å². The lowest BCUT2D eigenvalue weighted by Crippen LogP contribution is -2.28. The number of carbonyl (C=O) groups is 2. The lowest BCUT2D eigenvalue weighted by atomic mass is 10.1. The molecule has 0 unspecified atom stereocenters. The van der Waals surface area contributed by atoms with Gasteiger partial charge in [-0.2, -0.15) is 0 Å². The van der Waals surface area contributed by atoms with Gasteiger partial charge in [0.05, 0.1) is 31.1 Å². The van der Waals surface area contributed by atoms with E-state index in [0.29, 0.717) is 12.3 Å². The van der Waals surface area contributed by atoms with Crippen LogP contribution in [-0.2, 0) is 9.59 Å². The first-order valence-corrected chi connectivity index (χ1v) is 8.09. The van der Waals surface area contributed by atoms with E-state index in [-0.39, 0.29) is 24.2 Å². The van der Waals surface area contributed by atoms with Crippen molar-refractivity contribution in [1.29, 1.82) is 0 Å². The van der Waals surface area contributed by atoms with Crippen molar-refractivity contribution in [3.8, 4) is 5.75 Å². The number of para-hydroxylation sites is 1. The number of hydrogen-bond donors (Lipinski definition) is 1. The molecule has 2 aromatic rings. The summed E-state index contributed by atoms with van der Waals surface area (Å²) in [5, 5.41) is 2.64. The number of methoxy groups -OCH3 is 1. The van der Waals surface area contributed by atoms with E-state index in [4.69, 9.17) is 4.74 Å². The minimum absolute atomic E-state index is 0.0855.